The Hall–Kier alpha value is -1.19. The largest absolute Gasteiger partial charge is 0.330 e. The molecule has 0 aromatic heterocycles. The fourth-order valence-electron chi connectivity index (χ4n) is 2.02. The highest BCUT2D eigenvalue weighted by Gasteiger charge is 2.10. The number of halogens is 2. The molecule has 0 amide bonds. The molecule has 3 heteroatoms. The topological polar surface area (TPSA) is 26.0 Å². The van der Waals surface area contributed by atoms with Crippen molar-refractivity contribution < 1.29 is 4.39 Å². The molecular weight excluding hydrogens is 293 g/mol. The van der Waals surface area contributed by atoms with E-state index in [2.05, 4.69) is 28.1 Å². The fourth-order valence-corrected chi connectivity index (χ4v) is 2.29. The predicted octanol–water partition coefficient (Wildman–Crippen LogP) is 3.87. The zero-order valence-electron chi connectivity index (χ0n) is 9.94. The van der Waals surface area contributed by atoms with Gasteiger partial charge in [-0.2, -0.15) is 0 Å². The van der Waals surface area contributed by atoms with Crippen molar-refractivity contribution in [3.05, 3.63) is 69.9 Å². The van der Waals surface area contributed by atoms with Gasteiger partial charge in [0.2, 0.25) is 0 Å². The van der Waals surface area contributed by atoms with Crippen LogP contribution in [0, 0.1) is 5.82 Å². The zero-order valence-corrected chi connectivity index (χ0v) is 11.5. The Morgan fingerprint density at radius 3 is 2.44 bits per heavy atom. The molecule has 1 nitrogen and oxygen atoms in total. The first kappa shape index (κ1) is 13.2. The molecule has 0 heterocycles. The van der Waals surface area contributed by atoms with Gasteiger partial charge in [0.25, 0.3) is 0 Å². The molecule has 0 fully saturated rings. The van der Waals surface area contributed by atoms with Crippen LogP contribution in [-0.4, -0.2) is 6.54 Å². The summed E-state index contributed by atoms with van der Waals surface area (Å²) in [6.07, 6.45) is 0.760. The molecule has 0 aliphatic heterocycles. The Bertz CT molecular complexity index is 510. The average molecular weight is 308 g/mol. The summed E-state index contributed by atoms with van der Waals surface area (Å²) in [6.45, 7) is 0.554. The molecule has 2 aromatic rings. The summed E-state index contributed by atoms with van der Waals surface area (Å²) in [5, 5.41) is 0. The van der Waals surface area contributed by atoms with Crippen LogP contribution in [0.15, 0.2) is 53.0 Å². The molecule has 0 aliphatic carbocycles. The van der Waals surface area contributed by atoms with E-state index in [1.807, 2.05) is 18.2 Å². The molecule has 0 radical (unpaired) electrons. The van der Waals surface area contributed by atoms with E-state index in [1.54, 1.807) is 12.1 Å². The Kier molecular flexibility index (Phi) is 4.50. The van der Waals surface area contributed by atoms with Gasteiger partial charge in [0.05, 0.1) is 0 Å². The standard InChI is InChI=1S/C15H15BrFN/c16-14-6-4-12(5-7-14)13(10-18)8-11-2-1-3-15(17)9-11/h1-7,9,13H,8,10,18H2. The summed E-state index contributed by atoms with van der Waals surface area (Å²) in [7, 11) is 0. The lowest BCUT2D eigenvalue weighted by molar-refractivity contribution is 0.621. The van der Waals surface area contributed by atoms with Crippen LogP contribution < -0.4 is 5.73 Å². The summed E-state index contributed by atoms with van der Waals surface area (Å²) >= 11 is 3.41. The molecule has 94 valence electrons. The van der Waals surface area contributed by atoms with Crippen LogP contribution >= 0.6 is 15.9 Å². The minimum atomic E-state index is -0.195. The number of hydrogen-bond donors (Lipinski definition) is 1. The summed E-state index contributed by atoms with van der Waals surface area (Å²) in [4.78, 5) is 0. The smallest absolute Gasteiger partial charge is 0.123 e. The van der Waals surface area contributed by atoms with Crippen molar-refractivity contribution in [3.8, 4) is 0 Å². The Balaban J connectivity index is 2.17. The molecule has 0 saturated carbocycles. The summed E-state index contributed by atoms with van der Waals surface area (Å²) in [5.41, 5.74) is 7.99. The van der Waals surface area contributed by atoms with Crippen LogP contribution in [0.3, 0.4) is 0 Å². The van der Waals surface area contributed by atoms with Crippen molar-refractivity contribution in [3.63, 3.8) is 0 Å². The van der Waals surface area contributed by atoms with E-state index in [1.165, 1.54) is 11.6 Å². The summed E-state index contributed by atoms with van der Waals surface area (Å²) in [5.74, 6) is 0.0268. The van der Waals surface area contributed by atoms with Crippen molar-refractivity contribution in [2.45, 2.75) is 12.3 Å². The maximum absolute atomic E-state index is 13.1. The molecule has 0 spiro atoms. The Morgan fingerprint density at radius 2 is 1.83 bits per heavy atom. The van der Waals surface area contributed by atoms with Gasteiger partial charge in [0.15, 0.2) is 0 Å². The van der Waals surface area contributed by atoms with Gasteiger partial charge < -0.3 is 5.73 Å². The molecule has 1 atom stereocenters. The van der Waals surface area contributed by atoms with Gasteiger partial charge in [0, 0.05) is 10.4 Å². The summed E-state index contributed by atoms with van der Waals surface area (Å²) in [6, 6.07) is 14.8. The van der Waals surface area contributed by atoms with E-state index in [0.717, 1.165) is 16.5 Å². The normalized spacial score (nSPS) is 12.4. The van der Waals surface area contributed by atoms with Crippen LogP contribution in [0.1, 0.15) is 17.0 Å². The quantitative estimate of drug-likeness (QED) is 0.911. The fraction of sp³-hybridized carbons (Fsp3) is 0.200. The van der Waals surface area contributed by atoms with E-state index in [0.29, 0.717) is 6.54 Å². The van der Waals surface area contributed by atoms with Gasteiger partial charge in [-0.3, -0.25) is 0 Å². The van der Waals surface area contributed by atoms with Crippen molar-refractivity contribution in [1.82, 2.24) is 0 Å². The second kappa shape index (κ2) is 6.12. The molecular formula is C15H15BrFN. The van der Waals surface area contributed by atoms with Crippen LogP contribution in [0.5, 0.6) is 0 Å². The Morgan fingerprint density at radius 1 is 1.11 bits per heavy atom. The number of hydrogen-bond acceptors (Lipinski definition) is 1. The van der Waals surface area contributed by atoms with Crippen LogP contribution in [0.2, 0.25) is 0 Å². The first-order chi connectivity index (χ1) is 8.69. The lowest BCUT2D eigenvalue weighted by atomic mass is 9.92. The maximum atomic E-state index is 13.1. The van der Waals surface area contributed by atoms with E-state index in [9.17, 15) is 4.39 Å². The van der Waals surface area contributed by atoms with Crippen molar-refractivity contribution in [1.29, 1.82) is 0 Å². The molecule has 2 rings (SSSR count). The van der Waals surface area contributed by atoms with Gasteiger partial charge in [0.1, 0.15) is 5.82 Å². The van der Waals surface area contributed by atoms with Crippen molar-refractivity contribution in [2.75, 3.05) is 6.54 Å². The lowest BCUT2D eigenvalue weighted by Crippen LogP contribution is -2.15. The number of nitrogens with two attached hydrogens (primary N) is 1. The monoisotopic (exact) mass is 307 g/mol. The minimum absolute atomic E-state index is 0.195. The van der Waals surface area contributed by atoms with E-state index < -0.39 is 0 Å². The highest BCUT2D eigenvalue weighted by molar-refractivity contribution is 9.10. The first-order valence-corrected chi connectivity index (χ1v) is 6.68. The second-order valence-corrected chi connectivity index (χ2v) is 5.23. The molecule has 0 aliphatic rings. The first-order valence-electron chi connectivity index (χ1n) is 5.89. The average Bonchev–Trinajstić information content (AvgIpc) is 2.37. The number of benzene rings is 2. The minimum Gasteiger partial charge on any atom is -0.330 e. The molecule has 2 N–H and O–H groups in total. The van der Waals surface area contributed by atoms with Gasteiger partial charge in [-0.25, -0.2) is 4.39 Å². The predicted molar refractivity (Wildman–Crippen MR) is 76.0 cm³/mol. The lowest BCUT2D eigenvalue weighted by Gasteiger charge is -2.15. The molecule has 0 bridgehead atoms. The third kappa shape index (κ3) is 3.40. The zero-order chi connectivity index (χ0) is 13.0. The van der Waals surface area contributed by atoms with Crippen molar-refractivity contribution in [2.24, 2.45) is 5.73 Å². The van der Waals surface area contributed by atoms with Gasteiger partial charge >= 0.3 is 0 Å². The van der Waals surface area contributed by atoms with Gasteiger partial charge in [-0.1, -0.05) is 40.2 Å². The van der Waals surface area contributed by atoms with Crippen LogP contribution in [-0.2, 0) is 6.42 Å². The van der Waals surface area contributed by atoms with Crippen LogP contribution in [0.4, 0.5) is 4.39 Å². The third-order valence-electron chi connectivity index (χ3n) is 3.00. The highest BCUT2D eigenvalue weighted by atomic mass is 79.9. The number of rotatable bonds is 4. The maximum Gasteiger partial charge on any atom is 0.123 e. The van der Waals surface area contributed by atoms with E-state index in [-0.39, 0.29) is 11.7 Å². The SMILES string of the molecule is NCC(Cc1cccc(F)c1)c1ccc(Br)cc1. The second-order valence-electron chi connectivity index (χ2n) is 4.32. The molecule has 0 saturated heterocycles. The van der Waals surface area contributed by atoms with Crippen molar-refractivity contribution >= 4 is 15.9 Å². The van der Waals surface area contributed by atoms with Crippen LogP contribution in [0.25, 0.3) is 0 Å². The third-order valence-corrected chi connectivity index (χ3v) is 3.53. The Labute approximate surface area is 115 Å². The van der Waals surface area contributed by atoms with E-state index >= 15 is 0 Å². The van der Waals surface area contributed by atoms with E-state index in [4.69, 9.17) is 5.73 Å². The van der Waals surface area contributed by atoms with Gasteiger partial charge in [-0.05, 0) is 48.4 Å². The van der Waals surface area contributed by atoms with Gasteiger partial charge in [-0.15, -0.1) is 0 Å². The summed E-state index contributed by atoms with van der Waals surface area (Å²) < 4.78 is 14.2. The molecule has 2 aromatic carbocycles. The molecule has 18 heavy (non-hydrogen) atoms. The highest BCUT2D eigenvalue weighted by Crippen LogP contribution is 2.22. The molecule has 1 unspecified atom stereocenters.